The summed E-state index contributed by atoms with van der Waals surface area (Å²) in [5, 5.41) is 9.22. The molecule has 0 aromatic heterocycles. The van der Waals surface area contributed by atoms with Crippen molar-refractivity contribution >= 4 is 0 Å². The van der Waals surface area contributed by atoms with Crippen LogP contribution in [0.5, 0.6) is 0 Å². The van der Waals surface area contributed by atoms with E-state index in [1.807, 2.05) is 0 Å². The van der Waals surface area contributed by atoms with E-state index in [9.17, 15) is 5.11 Å². The molecule has 3 heteroatoms. The zero-order chi connectivity index (χ0) is 10.3. The van der Waals surface area contributed by atoms with E-state index in [4.69, 9.17) is 9.47 Å². The molecule has 0 unspecified atom stereocenters. The van der Waals surface area contributed by atoms with E-state index >= 15 is 0 Å². The highest BCUT2D eigenvalue weighted by Gasteiger charge is 2.35. The highest BCUT2D eigenvalue weighted by atomic mass is 16.5. The van der Waals surface area contributed by atoms with Crippen LogP contribution in [0.4, 0.5) is 0 Å². The summed E-state index contributed by atoms with van der Waals surface area (Å²) in [5.74, 6) is 0. The van der Waals surface area contributed by atoms with Crippen LogP contribution in [0, 0.1) is 5.41 Å². The van der Waals surface area contributed by atoms with Gasteiger partial charge in [-0.25, -0.2) is 0 Å². The van der Waals surface area contributed by atoms with E-state index < -0.39 is 0 Å². The van der Waals surface area contributed by atoms with Crippen LogP contribution in [-0.4, -0.2) is 38.6 Å². The van der Waals surface area contributed by atoms with Gasteiger partial charge in [0.1, 0.15) is 0 Å². The van der Waals surface area contributed by atoms with Crippen LogP contribution in [0.15, 0.2) is 0 Å². The zero-order valence-electron chi connectivity index (χ0n) is 9.13. The quantitative estimate of drug-likeness (QED) is 0.607. The fourth-order valence-corrected chi connectivity index (χ4v) is 1.96. The second-order valence-corrected chi connectivity index (χ2v) is 4.22. The largest absolute Gasteiger partial charge is 0.396 e. The van der Waals surface area contributed by atoms with Crippen molar-refractivity contribution in [3.63, 3.8) is 0 Å². The van der Waals surface area contributed by atoms with Crippen LogP contribution in [0.2, 0.25) is 0 Å². The molecule has 0 amide bonds. The smallest absolute Gasteiger partial charge is 0.0700 e. The molecule has 0 aromatic rings. The summed E-state index contributed by atoms with van der Waals surface area (Å²) in [6, 6.07) is 0. The third kappa shape index (κ3) is 3.56. The predicted molar refractivity (Wildman–Crippen MR) is 55.3 cm³/mol. The highest BCUT2D eigenvalue weighted by Crippen LogP contribution is 2.44. The summed E-state index contributed by atoms with van der Waals surface area (Å²) in [7, 11) is 1.68. The van der Waals surface area contributed by atoms with Crippen molar-refractivity contribution in [1.29, 1.82) is 0 Å². The van der Waals surface area contributed by atoms with Crippen LogP contribution in [0.3, 0.4) is 0 Å². The van der Waals surface area contributed by atoms with Crippen molar-refractivity contribution in [2.45, 2.75) is 32.1 Å². The molecule has 0 radical (unpaired) electrons. The third-order valence-electron chi connectivity index (χ3n) is 3.18. The van der Waals surface area contributed by atoms with E-state index in [2.05, 4.69) is 0 Å². The summed E-state index contributed by atoms with van der Waals surface area (Å²) in [6.45, 7) is 2.50. The molecule has 84 valence electrons. The van der Waals surface area contributed by atoms with Crippen LogP contribution >= 0.6 is 0 Å². The molecule has 1 aliphatic rings. The fraction of sp³-hybridized carbons (Fsp3) is 1.00. The molecule has 1 N–H and O–H groups in total. The minimum absolute atomic E-state index is 0.255. The summed E-state index contributed by atoms with van der Waals surface area (Å²) >= 11 is 0. The van der Waals surface area contributed by atoms with Gasteiger partial charge in [0.05, 0.1) is 13.2 Å². The normalized spacial score (nSPS) is 19.3. The molecule has 14 heavy (non-hydrogen) atoms. The van der Waals surface area contributed by atoms with E-state index in [1.54, 1.807) is 7.11 Å². The Labute approximate surface area is 86.4 Å². The first-order valence-corrected chi connectivity index (χ1v) is 5.50. The van der Waals surface area contributed by atoms with Crippen LogP contribution in [0.1, 0.15) is 32.1 Å². The number of hydrogen-bond acceptors (Lipinski definition) is 3. The van der Waals surface area contributed by atoms with Gasteiger partial charge in [-0.1, -0.05) is 6.42 Å². The Bertz CT molecular complexity index is 138. The molecule has 0 bridgehead atoms. The Kier molecular flexibility index (Phi) is 5.45. The second-order valence-electron chi connectivity index (χ2n) is 4.22. The molecule has 0 atom stereocenters. The molecule has 0 aliphatic heterocycles. The van der Waals surface area contributed by atoms with Gasteiger partial charge in [0, 0.05) is 20.3 Å². The maximum absolute atomic E-state index is 9.22. The van der Waals surface area contributed by atoms with Crippen molar-refractivity contribution in [2.75, 3.05) is 33.5 Å². The number of hydrogen-bond donors (Lipinski definition) is 1. The van der Waals surface area contributed by atoms with Gasteiger partial charge in [-0.15, -0.1) is 0 Å². The van der Waals surface area contributed by atoms with Crippen LogP contribution in [0.25, 0.3) is 0 Å². The van der Waals surface area contributed by atoms with Crippen LogP contribution in [-0.2, 0) is 9.47 Å². The summed E-state index contributed by atoms with van der Waals surface area (Å²) in [4.78, 5) is 0. The minimum atomic E-state index is 0.255. The second kappa shape index (κ2) is 6.38. The van der Waals surface area contributed by atoms with Crippen molar-refractivity contribution in [3.05, 3.63) is 0 Å². The lowest BCUT2D eigenvalue weighted by Crippen LogP contribution is -2.33. The topological polar surface area (TPSA) is 38.7 Å². The van der Waals surface area contributed by atoms with E-state index in [1.165, 1.54) is 19.3 Å². The monoisotopic (exact) mass is 202 g/mol. The standard InChI is InChI=1S/C11H22O3/c1-13-8-9-14-7-3-6-11(10-12)4-2-5-11/h12H,2-10H2,1H3. The number of aliphatic hydroxyl groups excluding tert-OH is 1. The van der Waals surface area contributed by atoms with Gasteiger partial charge in [-0.2, -0.15) is 0 Å². The average Bonchev–Trinajstić information content (AvgIpc) is 2.15. The Hall–Kier alpha value is -0.120. The first kappa shape index (κ1) is 12.0. The Morgan fingerprint density at radius 2 is 2.00 bits per heavy atom. The van der Waals surface area contributed by atoms with Gasteiger partial charge in [0.2, 0.25) is 0 Å². The number of aliphatic hydroxyl groups is 1. The molecule has 0 spiro atoms. The van der Waals surface area contributed by atoms with Crippen molar-refractivity contribution in [3.8, 4) is 0 Å². The van der Waals surface area contributed by atoms with Gasteiger partial charge in [-0.3, -0.25) is 0 Å². The fourth-order valence-electron chi connectivity index (χ4n) is 1.96. The number of rotatable bonds is 8. The molecule has 1 saturated carbocycles. The van der Waals surface area contributed by atoms with E-state index in [0.29, 0.717) is 19.8 Å². The van der Waals surface area contributed by atoms with Crippen LogP contribution < -0.4 is 0 Å². The average molecular weight is 202 g/mol. The lowest BCUT2D eigenvalue weighted by atomic mass is 9.67. The van der Waals surface area contributed by atoms with E-state index in [0.717, 1.165) is 19.4 Å². The highest BCUT2D eigenvalue weighted by molar-refractivity contribution is 4.86. The third-order valence-corrected chi connectivity index (χ3v) is 3.18. The van der Waals surface area contributed by atoms with Crippen molar-refractivity contribution in [2.24, 2.45) is 5.41 Å². The maximum Gasteiger partial charge on any atom is 0.0700 e. The Balaban J connectivity index is 1.92. The Morgan fingerprint density at radius 1 is 1.21 bits per heavy atom. The lowest BCUT2D eigenvalue weighted by Gasteiger charge is -2.40. The first-order valence-electron chi connectivity index (χ1n) is 5.50. The summed E-state index contributed by atoms with van der Waals surface area (Å²) < 4.78 is 10.3. The first-order chi connectivity index (χ1) is 6.83. The number of ether oxygens (including phenoxy) is 2. The van der Waals surface area contributed by atoms with Gasteiger partial charge in [0.15, 0.2) is 0 Å². The molecule has 0 aromatic carbocycles. The SMILES string of the molecule is COCCOCCCC1(CO)CCC1. The minimum Gasteiger partial charge on any atom is -0.396 e. The predicted octanol–water partition coefficient (Wildman–Crippen LogP) is 1.59. The molecule has 1 rings (SSSR count). The Morgan fingerprint density at radius 3 is 2.50 bits per heavy atom. The maximum atomic E-state index is 9.22. The van der Waals surface area contributed by atoms with Gasteiger partial charge in [0.25, 0.3) is 0 Å². The van der Waals surface area contributed by atoms with Gasteiger partial charge in [-0.05, 0) is 31.1 Å². The molecule has 3 nitrogen and oxygen atoms in total. The van der Waals surface area contributed by atoms with Gasteiger partial charge >= 0.3 is 0 Å². The molecule has 0 saturated heterocycles. The lowest BCUT2D eigenvalue weighted by molar-refractivity contribution is 0.0181. The molecule has 0 heterocycles. The van der Waals surface area contributed by atoms with Crippen molar-refractivity contribution < 1.29 is 14.6 Å². The molecular weight excluding hydrogens is 180 g/mol. The zero-order valence-corrected chi connectivity index (χ0v) is 9.13. The van der Waals surface area contributed by atoms with Crippen molar-refractivity contribution in [1.82, 2.24) is 0 Å². The molecular formula is C11H22O3. The molecule has 1 fully saturated rings. The summed E-state index contributed by atoms with van der Waals surface area (Å²) in [5.41, 5.74) is 0.255. The van der Waals surface area contributed by atoms with E-state index in [-0.39, 0.29) is 5.41 Å². The van der Waals surface area contributed by atoms with Gasteiger partial charge < -0.3 is 14.6 Å². The summed E-state index contributed by atoms with van der Waals surface area (Å²) in [6.07, 6.45) is 5.84. The number of methoxy groups -OCH3 is 1. The molecule has 1 aliphatic carbocycles.